The average Bonchev–Trinajstić information content (AvgIpc) is 2.70. The monoisotopic (exact) mass is 471 g/mol. The number of hydrogen-bond donors (Lipinski definition) is 3. The van der Waals surface area contributed by atoms with Crippen LogP contribution < -0.4 is 15.4 Å². The van der Waals surface area contributed by atoms with Crippen LogP contribution in [0.1, 0.15) is 28.4 Å². The molecule has 2 amide bonds. The summed E-state index contributed by atoms with van der Waals surface area (Å²) in [5.41, 5.74) is 3.44. The number of aryl methyl sites for hydroxylation is 2. The largest absolute Gasteiger partial charge is 0.326 e. The highest BCUT2D eigenvalue weighted by molar-refractivity contribution is 7.92. The number of hydrogen-bond acceptors (Lipinski definition) is 4. The summed E-state index contributed by atoms with van der Waals surface area (Å²) in [5.74, 6) is -0.762. The number of benzene rings is 3. The summed E-state index contributed by atoms with van der Waals surface area (Å²) in [7, 11) is -4.03. The van der Waals surface area contributed by atoms with Crippen LogP contribution in [0.25, 0.3) is 0 Å². The fourth-order valence-corrected chi connectivity index (χ4v) is 4.52. The van der Waals surface area contributed by atoms with Crippen LogP contribution >= 0.6 is 11.6 Å². The van der Waals surface area contributed by atoms with E-state index in [0.717, 1.165) is 11.1 Å². The number of halogens is 1. The number of rotatable bonds is 6. The Morgan fingerprint density at radius 1 is 0.812 bits per heavy atom. The third kappa shape index (κ3) is 5.66. The average molecular weight is 472 g/mol. The van der Waals surface area contributed by atoms with E-state index in [1.165, 1.54) is 25.1 Å². The fourth-order valence-electron chi connectivity index (χ4n) is 2.95. The molecular formula is C23H22ClN3O4S. The zero-order chi connectivity index (χ0) is 23.5. The lowest BCUT2D eigenvalue weighted by Crippen LogP contribution is -2.16. The Balaban J connectivity index is 1.85. The maximum Gasteiger partial charge on any atom is 0.263 e. The van der Waals surface area contributed by atoms with Gasteiger partial charge >= 0.3 is 0 Å². The number of anilines is 3. The van der Waals surface area contributed by atoms with Gasteiger partial charge in [0, 0.05) is 29.5 Å². The number of nitrogens with one attached hydrogen (secondary N) is 3. The molecule has 9 heteroatoms. The van der Waals surface area contributed by atoms with Crippen LogP contribution in [-0.2, 0) is 14.8 Å². The molecule has 0 saturated heterocycles. The minimum Gasteiger partial charge on any atom is -0.326 e. The first-order valence-electron chi connectivity index (χ1n) is 9.64. The highest BCUT2D eigenvalue weighted by Gasteiger charge is 2.21. The van der Waals surface area contributed by atoms with Crippen molar-refractivity contribution < 1.29 is 18.0 Å². The van der Waals surface area contributed by atoms with Gasteiger partial charge in [-0.15, -0.1) is 0 Å². The first-order valence-corrected chi connectivity index (χ1v) is 11.5. The minimum atomic E-state index is -4.03. The van der Waals surface area contributed by atoms with Gasteiger partial charge in [-0.05, 0) is 73.5 Å². The molecule has 0 fully saturated rings. The zero-order valence-corrected chi connectivity index (χ0v) is 19.3. The van der Waals surface area contributed by atoms with Gasteiger partial charge in [-0.1, -0.05) is 23.7 Å². The summed E-state index contributed by atoms with van der Waals surface area (Å²) in [6, 6.07) is 15.8. The van der Waals surface area contributed by atoms with Crippen molar-refractivity contribution in [3.63, 3.8) is 0 Å². The van der Waals surface area contributed by atoms with Crippen LogP contribution in [0.3, 0.4) is 0 Å². The van der Waals surface area contributed by atoms with Crippen molar-refractivity contribution in [1.82, 2.24) is 0 Å². The highest BCUT2D eigenvalue weighted by Crippen LogP contribution is 2.26. The normalized spacial score (nSPS) is 11.0. The first kappa shape index (κ1) is 23.3. The van der Waals surface area contributed by atoms with Crippen LogP contribution in [0.2, 0.25) is 5.02 Å². The predicted octanol–water partition coefficient (Wildman–Crippen LogP) is 4.97. The van der Waals surface area contributed by atoms with Crippen molar-refractivity contribution >= 4 is 50.5 Å². The van der Waals surface area contributed by atoms with Gasteiger partial charge in [0.25, 0.3) is 15.9 Å². The molecule has 0 unspecified atom stereocenters. The third-order valence-corrected chi connectivity index (χ3v) is 6.55. The van der Waals surface area contributed by atoms with Crippen LogP contribution in [0.15, 0.2) is 65.6 Å². The molecule has 32 heavy (non-hydrogen) atoms. The molecule has 3 aromatic carbocycles. The second-order valence-electron chi connectivity index (χ2n) is 7.27. The molecule has 0 aliphatic rings. The highest BCUT2D eigenvalue weighted by atomic mass is 35.5. The number of amides is 2. The van der Waals surface area contributed by atoms with Gasteiger partial charge in [-0.2, -0.15) is 0 Å². The van der Waals surface area contributed by atoms with E-state index in [2.05, 4.69) is 15.4 Å². The molecule has 0 saturated carbocycles. The fraction of sp³-hybridized carbons (Fsp3) is 0.130. The van der Waals surface area contributed by atoms with E-state index in [1.54, 1.807) is 36.4 Å². The van der Waals surface area contributed by atoms with Gasteiger partial charge in [0.1, 0.15) is 4.90 Å². The van der Waals surface area contributed by atoms with Gasteiger partial charge in [-0.25, -0.2) is 8.42 Å². The van der Waals surface area contributed by atoms with E-state index in [4.69, 9.17) is 11.6 Å². The lowest BCUT2D eigenvalue weighted by atomic mass is 10.1. The Hall–Kier alpha value is -3.36. The van der Waals surface area contributed by atoms with E-state index in [-0.39, 0.29) is 21.4 Å². The van der Waals surface area contributed by atoms with Crippen molar-refractivity contribution in [2.24, 2.45) is 0 Å². The molecular weight excluding hydrogens is 450 g/mol. The van der Waals surface area contributed by atoms with Crippen molar-refractivity contribution in [2.75, 3.05) is 15.4 Å². The smallest absolute Gasteiger partial charge is 0.263 e. The van der Waals surface area contributed by atoms with Crippen molar-refractivity contribution in [1.29, 1.82) is 0 Å². The van der Waals surface area contributed by atoms with E-state index in [9.17, 15) is 18.0 Å². The van der Waals surface area contributed by atoms with Gasteiger partial charge in [-0.3, -0.25) is 14.3 Å². The predicted molar refractivity (Wildman–Crippen MR) is 127 cm³/mol. The van der Waals surface area contributed by atoms with Crippen molar-refractivity contribution in [3.05, 3.63) is 82.4 Å². The molecule has 0 atom stereocenters. The van der Waals surface area contributed by atoms with Crippen molar-refractivity contribution in [3.8, 4) is 0 Å². The molecule has 0 aromatic heterocycles. The maximum atomic E-state index is 12.9. The molecule has 0 aliphatic heterocycles. The van der Waals surface area contributed by atoms with Gasteiger partial charge in [0.05, 0.1) is 5.02 Å². The number of sulfonamides is 1. The quantitative estimate of drug-likeness (QED) is 0.472. The lowest BCUT2D eigenvalue weighted by molar-refractivity contribution is -0.114. The number of carbonyl (C=O) groups is 2. The van der Waals surface area contributed by atoms with Gasteiger partial charge < -0.3 is 10.6 Å². The standard InChI is InChI=1S/C23H22ClN3O4S/c1-14-7-9-20(11-15(14)2)27-32(30,31)22-12-17(8-10-21(22)24)23(29)26-19-6-4-5-18(13-19)25-16(3)28/h4-13,27H,1-3H3,(H,25,28)(H,26,29). The Morgan fingerprint density at radius 2 is 1.50 bits per heavy atom. The second kappa shape index (κ2) is 9.42. The second-order valence-corrected chi connectivity index (χ2v) is 9.32. The Kier molecular flexibility index (Phi) is 6.86. The molecule has 0 radical (unpaired) electrons. The SMILES string of the molecule is CC(=O)Nc1cccc(NC(=O)c2ccc(Cl)c(S(=O)(=O)Nc3ccc(C)c(C)c3)c2)c1. The summed E-state index contributed by atoms with van der Waals surface area (Å²) in [4.78, 5) is 23.7. The summed E-state index contributed by atoms with van der Waals surface area (Å²) in [6.45, 7) is 5.19. The molecule has 0 aliphatic carbocycles. The van der Waals surface area contributed by atoms with Gasteiger partial charge in [0.2, 0.25) is 5.91 Å². The molecule has 0 spiro atoms. The summed E-state index contributed by atoms with van der Waals surface area (Å²) in [5, 5.41) is 5.31. The summed E-state index contributed by atoms with van der Waals surface area (Å²) in [6.07, 6.45) is 0. The third-order valence-electron chi connectivity index (χ3n) is 4.68. The molecule has 3 N–H and O–H groups in total. The van der Waals surface area contributed by atoms with E-state index in [0.29, 0.717) is 17.1 Å². The molecule has 3 rings (SSSR count). The van der Waals surface area contributed by atoms with E-state index < -0.39 is 15.9 Å². The van der Waals surface area contributed by atoms with Crippen molar-refractivity contribution in [2.45, 2.75) is 25.7 Å². The van der Waals surface area contributed by atoms with Gasteiger partial charge in [0.15, 0.2) is 0 Å². The minimum absolute atomic E-state index is 0.00876. The number of carbonyl (C=O) groups excluding carboxylic acids is 2. The Bertz CT molecular complexity index is 1310. The lowest BCUT2D eigenvalue weighted by Gasteiger charge is -2.13. The molecule has 0 heterocycles. The first-order chi connectivity index (χ1) is 15.0. The maximum absolute atomic E-state index is 12.9. The van der Waals surface area contributed by atoms with Crippen LogP contribution in [0.4, 0.5) is 17.1 Å². The van der Waals surface area contributed by atoms with E-state index >= 15 is 0 Å². The molecule has 166 valence electrons. The topological polar surface area (TPSA) is 104 Å². The van der Waals surface area contributed by atoms with Crippen LogP contribution in [0.5, 0.6) is 0 Å². The Labute approximate surface area is 191 Å². The van der Waals surface area contributed by atoms with Crippen LogP contribution in [0, 0.1) is 13.8 Å². The molecule has 0 bridgehead atoms. The zero-order valence-electron chi connectivity index (χ0n) is 17.7. The Morgan fingerprint density at radius 3 is 2.16 bits per heavy atom. The molecule has 7 nitrogen and oxygen atoms in total. The molecule has 3 aromatic rings. The summed E-state index contributed by atoms with van der Waals surface area (Å²) >= 11 is 6.15. The van der Waals surface area contributed by atoms with E-state index in [1.807, 2.05) is 19.9 Å². The summed E-state index contributed by atoms with van der Waals surface area (Å²) < 4.78 is 28.4. The van der Waals surface area contributed by atoms with Crippen LogP contribution in [-0.4, -0.2) is 20.2 Å².